The fourth-order valence-electron chi connectivity index (χ4n) is 3.09. The summed E-state index contributed by atoms with van der Waals surface area (Å²) in [6.07, 6.45) is 1.85. The monoisotopic (exact) mass is 435 g/mol. The summed E-state index contributed by atoms with van der Waals surface area (Å²) in [6.45, 7) is 0. The lowest BCUT2D eigenvalue weighted by molar-refractivity contribution is 0.924. The van der Waals surface area contributed by atoms with Gasteiger partial charge in [0.1, 0.15) is 11.1 Å². The molecule has 29 heavy (non-hydrogen) atoms. The minimum absolute atomic E-state index is 0.522. The summed E-state index contributed by atoms with van der Waals surface area (Å²) < 4.78 is 2.01. The Kier molecular flexibility index (Phi) is 5.55. The van der Waals surface area contributed by atoms with Crippen LogP contribution in [0.1, 0.15) is 10.7 Å². The van der Waals surface area contributed by atoms with Gasteiger partial charge in [-0.15, -0.1) is 11.3 Å². The lowest BCUT2D eigenvalue weighted by Crippen LogP contribution is -1.95. The van der Waals surface area contributed by atoms with Gasteiger partial charge in [-0.05, 0) is 36.4 Å². The van der Waals surface area contributed by atoms with E-state index in [1.807, 2.05) is 77.7 Å². The first-order chi connectivity index (χ1) is 14.0. The standard InChI is InChI=1S/C23H15Cl2N3S/c1-28-20(7-8-22(28)16-9-18(24)12-19(25)10-16)11-17(13-26)23-27-21(14-29-23)15-5-3-2-4-6-15/h2-12,14H,1H3. The average molecular weight is 436 g/mol. The number of nitriles is 1. The number of nitrogens with zero attached hydrogens (tertiary/aromatic N) is 3. The van der Waals surface area contributed by atoms with Gasteiger partial charge in [0.15, 0.2) is 0 Å². The molecule has 0 fully saturated rings. The van der Waals surface area contributed by atoms with Crippen molar-refractivity contribution in [1.82, 2.24) is 9.55 Å². The van der Waals surface area contributed by atoms with Crippen molar-refractivity contribution in [3.63, 3.8) is 0 Å². The third-order valence-electron chi connectivity index (χ3n) is 4.54. The summed E-state index contributed by atoms with van der Waals surface area (Å²) in [5.74, 6) is 0. The Labute approximate surface area is 183 Å². The van der Waals surface area contributed by atoms with Crippen molar-refractivity contribution >= 4 is 46.2 Å². The van der Waals surface area contributed by atoms with Crippen LogP contribution in [0.4, 0.5) is 0 Å². The minimum atomic E-state index is 0.522. The molecule has 0 radical (unpaired) electrons. The maximum Gasteiger partial charge on any atom is 0.134 e. The first-order valence-electron chi connectivity index (χ1n) is 8.80. The zero-order valence-corrected chi connectivity index (χ0v) is 17.8. The van der Waals surface area contributed by atoms with E-state index in [9.17, 15) is 5.26 Å². The van der Waals surface area contributed by atoms with Crippen LogP contribution in [0.2, 0.25) is 10.0 Å². The lowest BCUT2D eigenvalue weighted by Gasteiger charge is -2.07. The molecule has 0 amide bonds. The van der Waals surface area contributed by atoms with Crippen LogP contribution < -0.4 is 0 Å². The highest BCUT2D eigenvalue weighted by molar-refractivity contribution is 7.11. The zero-order valence-electron chi connectivity index (χ0n) is 15.4. The normalized spacial score (nSPS) is 11.4. The summed E-state index contributed by atoms with van der Waals surface area (Å²) in [4.78, 5) is 4.65. The molecule has 0 atom stereocenters. The van der Waals surface area contributed by atoms with Crippen molar-refractivity contribution in [3.05, 3.63) is 86.8 Å². The molecule has 0 bridgehead atoms. The topological polar surface area (TPSA) is 41.6 Å². The Morgan fingerprint density at radius 2 is 1.76 bits per heavy atom. The molecule has 2 aromatic carbocycles. The van der Waals surface area contributed by atoms with Gasteiger partial charge in [0, 0.05) is 45.0 Å². The van der Waals surface area contributed by atoms with Gasteiger partial charge >= 0.3 is 0 Å². The molecule has 0 N–H and O–H groups in total. The quantitative estimate of drug-likeness (QED) is 0.318. The molecule has 0 saturated heterocycles. The number of rotatable bonds is 4. The zero-order chi connectivity index (χ0) is 20.4. The second-order valence-electron chi connectivity index (χ2n) is 6.43. The number of aromatic nitrogens is 2. The first-order valence-corrected chi connectivity index (χ1v) is 10.4. The molecule has 0 aliphatic heterocycles. The van der Waals surface area contributed by atoms with Crippen LogP contribution in [0.5, 0.6) is 0 Å². The Morgan fingerprint density at radius 3 is 2.45 bits per heavy atom. The van der Waals surface area contributed by atoms with Crippen LogP contribution in [-0.4, -0.2) is 9.55 Å². The van der Waals surface area contributed by atoms with Crippen LogP contribution >= 0.6 is 34.5 Å². The van der Waals surface area contributed by atoms with E-state index in [1.165, 1.54) is 11.3 Å². The summed E-state index contributed by atoms with van der Waals surface area (Å²) >= 11 is 13.7. The van der Waals surface area contributed by atoms with E-state index < -0.39 is 0 Å². The van der Waals surface area contributed by atoms with E-state index in [-0.39, 0.29) is 0 Å². The molecule has 0 spiro atoms. The van der Waals surface area contributed by atoms with Gasteiger partial charge in [0.2, 0.25) is 0 Å². The number of halogens is 2. The third kappa shape index (κ3) is 4.13. The number of hydrogen-bond acceptors (Lipinski definition) is 3. The van der Waals surface area contributed by atoms with Gasteiger partial charge in [-0.1, -0.05) is 53.5 Å². The van der Waals surface area contributed by atoms with Gasteiger partial charge in [0.05, 0.1) is 11.3 Å². The molecular weight excluding hydrogens is 421 g/mol. The fraction of sp³-hybridized carbons (Fsp3) is 0.0435. The summed E-state index contributed by atoms with van der Waals surface area (Å²) in [5.41, 5.74) is 5.20. The molecule has 6 heteroatoms. The second kappa shape index (κ2) is 8.26. The number of hydrogen-bond donors (Lipinski definition) is 0. The number of benzene rings is 2. The fourth-order valence-corrected chi connectivity index (χ4v) is 4.41. The van der Waals surface area contributed by atoms with E-state index in [0.717, 1.165) is 28.2 Å². The molecule has 142 valence electrons. The van der Waals surface area contributed by atoms with Crippen molar-refractivity contribution in [2.75, 3.05) is 0 Å². The Bertz CT molecular complexity index is 1230. The van der Waals surface area contributed by atoms with Crippen molar-refractivity contribution in [1.29, 1.82) is 5.26 Å². The number of allylic oxidation sites excluding steroid dienone is 1. The summed E-state index contributed by atoms with van der Waals surface area (Å²) in [5, 5.41) is 13.5. The SMILES string of the molecule is Cn1c(C=C(C#N)c2nc(-c3ccccc3)cs2)ccc1-c1cc(Cl)cc(Cl)c1. The summed E-state index contributed by atoms with van der Waals surface area (Å²) in [6, 6.07) is 21.6. The number of thiazole rings is 1. The molecular formula is C23H15Cl2N3S. The highest BCUT2D eigenvalue weighted by Gasteiger charge is 2.12. The molecule has 3 nitrogen and oxygen atoms in total. The van der Waals surface area contributed by atoms with E-state index in [1.54, 1.807) is 6.07 Å². The van der Waals surface area contributed by atoms with Crippen LogP contribution in [0.3, 0.4) is 0 Å². The maximum atomic E-state index is 9.71. The average Bonchev–Trinajstić information content (AvgIpc) is 3.33. The Hall–Kier alpha value is -2.84. The molecule has 4 rings (SSSR count). The van der Waals surface area contributed by atoms with Crippen LogP contribution in [0.15, 0.2) is 66.0 Å². The van der Waals surface area contributed by atoms with Crippen molar-refractivity contribution in [2.24, 2.45) is 7.05 Å². The maximum absolute atomic E-state index is 9.71. The van der Waals surface area contributed by atoms with Crippen LogP contribution in [-0.2, 0) is 7.05 Å². The van der Waals surface area contributed by atoms with Gasteiger partial charge in [0.25, 0.3) is 0 Å². The highest BCUT2D eigenvalue weighted by Crippen LogP contribution is 2.31. The van der Waals surface area contributed by atoms with Crippen molar-refractivity contribution in [3.8, 4) is 28.6 Å². The van der Waals surface area contributed by atoms with Crippen LogP contribution in [0, 0.1) is 11.3 Å². The van der Waals surface area contributed by atoms with Gasteiger partial charge in [-0.25, -0.2) is 4.98 Å². The van der Waals surface area contributed by atoms with E-state index in [0.29, 0.717) is 20.6 Å². The minimum Gasteiger partial charge on any atom is -0.344 e. The van der Waals surface area contributed by atoms with Crippen molar-refractivity contribution in [2.45, 2.75) is 0 Å². The van der Waals surface area contributed by atoms with Gasteiger partial charge in [-0.3, -0.25) is 0 Å². The van der Waals surface area contributed by atoms with E-state index in [4.69, 9.17) is 23.2 Å². The molecule has 0 aliphatic carbocycles. The van der Waals surface area contributed by atoms with Gasteiger partial charge in [-0.2, -0.15) is 5.26 Å². The molecule has 2 heterocycles. The van der Waals surface area contributed by atoms with Crippen LogP contribution in [0.25, 0.3) is 34.2 Å². The highest BCUT2D eigenvalue weighted by atomic mass is 35.5. The molecule has 0 saturated carbocycles. The first kappa shape index (κ1) is 19.5. The van der Waals surface area contributed by atoms with E-state index in [2.05, 4.69) is 11.1 Å². The van der Waals surface area contributed by atoms with Crippen molar-refractivity contribution < 1.29 is 0 Å². The molecule has 0 aliphatic rings. The molecule has 4 aromatic rings. The molecule has 2 aromatic heterocycles. The lowest BCUT2D eigenvalue weighted by atomic mass is 10.1. The Balaban J connectivity index is 1.69. The largest absolute Gasteiger partial charge is 0.344 e. The Morgan fingerprint density at radius 1 is 1.03 bits per heavy atom. The predicted octanol–water partition coefficient (Wildman–Crippen LogP) is 7.19. The van der Waals surface area contributed by atoms with E-state index >= 15 is 0 Å². The second-order valence-corrected chi connectivity index (χ2v) is 8.17. The summed E-state index contributed by atoms with van der Waals surface area (Å²) in [7, 11) is 1.95. The van der Waals surface area contributed by atoms with Gasteiger partial charge < -0.3 is 4.57 Å². The smallest absolute Gasteiger partial charge is 0.134 e. The third-order valence-corrected chi connectivity index (χ3v) is 5.85. The molecule has 0 unspecified atom stereocenters. The predicted molar refractivity (Wildman–Crippen MR) is 122 cm³/mol.